The Kier molecular flexibility index (Phi) is 9.19. The van der Waals surface area contributed by atoms with Gasteiger partial charge in [0.15, 0.2) is 16.6 Å². The third-order valence-electron chi connectivity index (χ3n) is 5.89. The maximum Gasteiger partial charge on any atom is 0.181 e. The predicted octanol–water partition coefficient (Wildman–Crippen LogP) is 7.19. The summed E-state index contributed by atoms with van der Waals surface area (Å²) in [7, 11) is -0.238. The number of methoxy groups -OCH3 is 2. The van der Waals surface area contributed by atoms with Crippen molar-refractivity contribution in [3.63, 3.8) is 0 Å². The molecule has 0 bridgehead atoms. The van der Waals surface area contributed by atoms with Crippen molar-refractivity contribution in [1.29, 1.82) is 0 Å². The van der Waals surface area contributed by atoms with Crippen molar-refractivity contribution in [1.82, 2.24) is 0 Å². The molecule has 1 unspecified atom stereocenters. The van der Waals surface area contributed by atoms with Crippen LogP contribution >= 0.6 is 0 Å². The monoisotopic (exact) mass is 444 g/mol. The molecule has 3 nitrogen and oxygen atoms in total. The fraction of sp³-hybridized carbons (Fsp3) is 0.520. The van der Waals surface area contributed by atoms with Crippen LogP contribution in [0.3, 0.4) is 0 Å². The molecular weight excluding hydrogens is 404 g/mol. The van der Waals surface area contributed by atoms with Crippen molar-refractivity contribution < 1.29 is 13.6 Å². The number of ether oxygens (including phenoxy) is 2. The Labute approximate surface area is 186 Å². The third-order valence-corrected chi connectivity index (χ3v) is 14.0. The summed E-state index contributed by atoms with van der Waals surface area (Å²) < 4.78 is 18.3. The molecule has 166 valence electrons. The molecule has 2 aromatic rings. The predicted molar refractivity (Wildman–Crippen MR) is 133 cm³/mol. The number of hydrogen-bond acceptors (Lipinski definition) is 3. The zero-order valence-electron chi connectivity index (χ0n) is 20.0. The summed E-state index contributed by atoms with van der Waals surface area (Å²) >= 11 is 0. The second-order valence-electron chi connectivity index (χ2n) is 9.21. The van der Waals surface area contributed by atoms with Crippen LogP contribution < -0.4 is 9.47 Å². The number of para-hydroxylation sites is 2. The first-order valence-electron chi connectivity index (χ1n) is 11.2. The molecule has 0 aliphatic heterocycles. The van der Waals surface area contributed by atoms with Gasteiger partial charge >= 0.3 is 0 Å². The van der Waals surface area contributed by atoms with Crippen LogP contribution in [0.5, 0.6) is 11.5 Å². The summed E-state index contributed by atoms with van der Waals surface area (Å²) in [4.78, 5) is 0. The van der Waals surface area contributed by atoms with E-state index in [-0.39, 0.29) is 0 Å². The molecule has 0 saturated heterocycles. The Morgan fingerprint density at radius 1 is 0.833 bits per heavy atom. The number of rotatable bonds is 12. The molecule has 5 heteroatoms. The van der Waals surface area contributed by atoms with Gasteiger partial charge in [0.25, 0.3) is 0 Å². The third kappa shape index (κ3) is 6.72. The van der Waals surface area contributed by atoms with Crippen molar-refractivity contribution in [3.8, 4) is 11.5 Å². The highest BCUT2D eigenvalue weighted by molar-refractivity contribution is 6.85. The van der Waals surface area contributed by atoms with Gasteiger partial charge in [-0.25, -0.2) is 0 Å². The molecule has 0 radical (unpaired) electrons. The highest BCUT2D eigenvalue weighted by Crippen LogP contribution is 2.39. The van der Waals surface area contributed by atoms with Crippen LogP contribution in [0.25, 0.3) is 0 Å². The Bertz CT molecular complexity index is 789. The van der Waals surface area contributed by atoms with Crippen LogP contribution in [0.4, 0.5) is 0 Å². The normalized spacial score (nSPS) is 13.2. The molecule has 0 fully saturated rings. The molecule has 30 heavy (non-hydrogen) atoms. The Morgan fingerprint density at radius 2 is 1.43 bits per heavy atom. The quantitative estimate of drug-likeness (QED) is 0.324. The second kappa shape index (κ2) is 11.2. The lowest BCUT2D eigenvalue weighted by Crippen LogP contribution is -2.48. The maximum atomic E-state index is 7.08. The zero-order chi connectivity index (χ0) is 22.2. The van der Waals surface area contributed by atoms with Gasteiger partial charge in [-0.1, -0.05) is 49.7 Å². The second-order valence-corrected chi connectivity index (χ2v) is 18.0. The van der Waals surface area contributed by atoms with Crippen molar-refractivity contribution in [2.45, 2.75) is 70.4 Å². The molecule has 0 heterocycles. The highest BCUT2D eigenvalue weighted by Gasteiger charge is 2.40. The molecule has 0 amide bonds. The molecule has 0 spiro atoms. The minimum Gasteiger partial charge on any atom is -0.496 e. The summed E-state index contributed by atoms with van der Waals surface area (Å²) in [6.07, 6.45) is 4.47. The molecule has 0 aromatic heterocycles. The van der Waals surface area contributed by atoms with Crippen LogP contribution in [0.15, 0.2) is 48.5 Å². The van der Waals surface area contributed by atoms with Gasteiger partial charge in [-0.3, -0.25) is 0 Å². The summed E-state index contributed by atoms with van der Waals surface area (Å²) in [5.74, 6) is 1.99. The average molecular weight is 445 g/mol. The van der Waals surface area contributed by atoms with Crippen LogP contribution in [0.2, 0.25) is 32.2 Å². The minimum atomic E-state index is -1.97. The van der Waals surface area contributed by atoms with E-state index in [9.17, 15) is 0 Å². The first-order valence-corrected chi connectivity index (χ1v) is 17.3. The van der Waals surface area contributed by atoms with Crippen molar-refractivity contribution >= 4 is 16.6 Å². The fourth-order valence-corrected chi connectivity index (χ4v) is 14.2. The summed E-state index contributed by atoms with van der Waals surface area (Å²) in [6, 6.07) is 18.0. The minimum absolute atomic E-state index is 0.444. The highest BCUT2D eigenvalue weighted by atomic mass is 28.4. The summed E-state index contributed by atoms with van der Waals surface area (Å²) in [5.41, 5.74) is 3.05. The van der Waals surface area contributed by atoms with E-state index in [2.05, 4.69) is 69.5 Å². The van der Waals surface area contributed by atoms with Crippen LogP contribution in [-0.4, -0.2) is 30.9 Å². The Morgan fingerprint density at radius 3 is 2.07 bits per heavy atom. The topological polar surface area (TPSA) is 27.7 Å². The van der Waals surface area contributed by atoms with Gasteiger partial charge in [-0.2, -0.15) is 0 Å². The smallest absolute Gasteiger partial charge is 0.181 e. The van der Waals surface area contributed by atoms with Gasteiger partial charge in [0.05, 0.1) is 14.2 Å². The Balaban J connectivity index is 2.09. The molecular formula is C25H40O3Si2. The van der Waals surface area contributed by atoms with Crippen LogP contribution in [-0.2, 0) is 10.5 Å². The van der Waals surface area contributed by atoms with Crippen LogP contribution in [0.1, 0.15) is 42.9 Å². The van der Waals surface area contributed by atoms with Gasteiger partial charge in [0, 0.05) is 5.54 Å². The molecule has 0 saturated carbocycles. The van der Waals surface area contributed by atoms with E-state index in [1.807, 2.05) is 12.1 Å². The number of aryl methyl sites for hydroxylation is 1. The van der Waals surface area contributed by atoms with E-state index in [1.54, 1.807) is 14.2 Å². The van der Waals surface area contributed by atoms with E-state index < -0.39 is 16.6 Å². The van der Waals surface area contributed by atoms with E-state index in [1.165, 1.54) is 11.1 Å². The van der Waals surface area contributed by atoms with Gasteiger partial charge in [0.1, 0.15) is 11.5 Å². The van der Waals surface area contributed by atoms with Gasteiger partial charge in [-0.05, 0) is 74.8 Å². The summed E-state index contributed by atoms with van der Waals surface area (Å²) in [5, 5.41) is 0. The van der Waals surface area contributed by atoms with Crippen molar-refractivity contribution in [3.05, 3.63) is 59.7 Å². The maximum absolute atomic E-state index is 7.08. The first kappa shape index (κ1) is 24.7. The van der Waals surface area contributed by atoms with E-state index in [4.69, 9.17) is 13.6 Å². The lowest BCUT2D eigenvalue weighted by Gasteiger charge is -2.40. The fourth-order valence-electron chi connectivity index (χ4n) is 4.57. The molecule has 2 aromatic carbocycles. The van der Waals surface area contributed by atoms with Crippen molar-refractivity contribution in [2.75, 3.05) is 14.2 Å². The zero-order valence-corrected chi connectivity index (χ0v) is 22.0. The molecule has 0 N–H and O–H groups in total. The lowest BCUT2D eigenvalue weighted by molar-refractivity contribution is 0.405. The van der Waals surface area contributed by atoms with E-state index in [0.717, 1.165) is 43.2 Å². The first-order chi connectivity index (χ1) is 14.2. The van der Waals surface area contributed by atoms with Crippen molar-refractivity contribution in [2.24, 2.45) is 0 Å². The van der Waals surface area contributed by atoms with E-state index >= 15 is 0 Å². The van der Waals surface area contributed by atoms with E-state index in [0.29, 0.717) is 5.54 Å². The average Bonchev–Trinajstić information content (AvgIpc) is 2.71. The van der Waals surface area contributed by atoms with Gasteiger partial charge in [-0.15, -0.1) is 0 Å². The summed E-state index contributed by atoms with van der Waals surface area (Å²) in [6.45, 7) is 11.8. The van der Waals surface area contributed by atoms with Crippen LogP contribution in [0, 0.1) is 0 Å². The standard InChI is InChI=1S/C25H40O3Si2/c1-8-14-25(22-17-10-12-19-24(22)27-3)30(6,7)28-29(4,5)20-13-16-21-15-9-11-18-23(21)26-2/h9-12,15,17-19,25H,8,13-14,16,20H2,1-7H3. The molecule has 1 atom stereocenters. The van der Waals surface area contributed by atoms with Gasteiger partial charge in [0.2, 0.25) is 0 Å². The SMILES string of the molecule is CCCC(c1ccccc1OC)[Si](C)(C)O[Si](C)(C)CCCc1ccccc1OC. The Hall–Kier alpha value is -1.57. The largest absolute Gasteiger partial charge is 0.496 e. The molecule has 0 aliphatic rings. The molecule has 0 aliphatic carbocycles. The molecule has 2 rings (SSSR count). The number of benzene rings is 2. The van der Waals surface area contributed by atoms with Gasteiger partial charge < -0.3 is 13.6 Å². The number of hydrogen-bond donors (Lipinski definition) is 0. The lowest BCUT2D eigenvalue weighted by atomic mass is 10.1.